The zero-order chi connectivity index (χ0) is 13.5. The van der Waals surface area contributed by atoms with Crippen LogP contribution in [0.3, 0.4) is 0 Å². The molecule has 0 aromatic carbocycles. The molecule has 1 N–H and O–H groups in total. The van der Waals surface area contributed by atoms with Gasteiger partial charge in [0.1, 0.15) is 0 Å². The minimum atomic E-state index is 0.577. The molecule has 2 nitrogen and oxygen atoms in total. The van der Waals surface area contributed by atoms with Crippen LogP contribution < -0.4 is 5.32 Å². The van der Waals surface area contributed by atoms with E-state index in [1.165, 1.54) is 64.3 Å². The van der Waals surface area contributed by atoms with Gasteiger partial charge in [-0.2, -0.15) is 0 Å². The summed E-state index contributed by atoms with van der Waals surface area (Å²) in [6.07, 6.45) is 13.2. The third-order valence-electron chi connectivity index (χ3n) is 4.99. The van der Waals surface area contributed by atoms with Crippen molar-refractivity contribution in [3.05, 3.63) is 0 Å². The van der Waals surface area contributed by atoms with Crippen LogP contribution in [0.1, 0.15) is 71.6 Å². The summed E-state index contributed by atoms with van der Waals surface area (Å²) in [6.45, 7) is 6.46. The summed E-state index contributed by atoms with van der Waals surface area (Å²) in [6, 6.07) is 0.774. The molecule has 2 aliphatic carbocycles. The molecule has 19 heavy (non-hydrogen) atoms. The van der Waals surface area contributed by atoms with Crippen molar-refractivity contribution in [2.75, 3.05) is 13.2 Å². The summed E-state index contributed by atoms with van der Waals surface area (Å²) in [5, 5.41) is 3.80. The van der Waals surface area contributed by atoms with Crippen LogP contribution in [0, 0.1) is 11.8 Å². The minimum Gasteiger partial charge on any atom is -0.378 e. The second-order valence-corrected chi connectivity index (χ2v) is 6.69. The second kappa shape index (κ2) is 8.26. The van der Waals surface area contributed by atoms with Gasteiger partial charge in [0.05, 0.1) is 6.10 Å². The van der Waals surface area contributed by atoms with E-state index in [0.717, 1.165) is 24.5 Å². The highest BCUT2D eigenvalue weighted by Gasteiger charge is 2.32. The maximum atomic E-state index is 5.68. The fourth-order valence-corrected chi connectivity index (χ4v) is 3.90. The van der Waals surface area contributed by atoms with Crippen molar-refractivity contribution in [3.63, 3.8) is 0 Å². The number of ether oxygens (including phenoxy) is 1. The quantitative estimate of drug-likeness (QED) is 0.678. The summed E-state index contributed by atoms with van der Waals surface area (Å²) in [7, 11) is 0. The average molecular weight is 267 g/mol. The lowest BCUT2D eigenvalue weighted by Gasteiger charge is -2.37. The molecule has 0 heterocycles. The van der Waals surface area contributed by atoms with Gasteiger partial charge in [0, 0.05) is 12.6 Å². The van der Waals surface area contributed by atoms with E-state index >= 15 is 0 Å². The van der Waals surface area contributed by atoms with Crippen LogP contribution in [0.2, 0.25) is 0 Å². The van der Waals surface area contributed by atoms with Gasteiger partial charge in [-0.1, -0.05) is 32.6 Å². The first-order valence-corrected chi connectivity index (χ1v) is 8.66. The molecule has 0 amide bonds. The Bertz CT molecular complexity index is 231. The summed E-state index contributed by atoms with van der Waals surface area (Å²) >= 11 is 0. The van der Waals surface area contributed by atoms with Crippen molar-refractivity contribution in [3.8, 4) is 0 Å². The SMILES string of the molecule is CCCNC(CC1CCCC1)CC1CC(OCC)C1. The van der Waals surface area contributed by atoms with E-state index in [9.17, 15) is 0 Å². The topological polar surface area (TPSA) is 21.3 Å². The van der Waals surface area contributed by atoms with E-state index < -0.39 is 0 Å². The molecule has 0 aromatic rings. The predicted molar refractivity (Wildman–Crippen MR) is 81.4 cm³/mol. The summed E-state index contributed by atoms with van der Waals surface area (Å²) in [5.41, 5.74) is 0. The lowest BCUT2D eigenvalue weighted by atomic mass is 9.77. The molecular formula is C17H33NO. The van der Waals surface area contributed by atoms with Gasteiger partial charge >= 0.3 is 0 Å². The number of hydrogen-bond acceptors (Lipinski definition) is 2. The highest BCUT2D eigenvalue weighted by atomic mass is 16.5. The molecule has 0 saturated heterocycles. The van der Waals surface area contributed by atoms with Gasteiger partial charge < -0.3 is 10.1 Å². The van der Waals surface area contributed by atoms with Gasteiger partial charge in [-0.05, 0) is 57.4 Å². The normalized spacial score (nSPS) is 29.4. The lowest BCUT2D eigenvalue weighted by Crippen LogP contribution is -2.39. The van der Waals surface area contributed by atoms with Crippen molar-refractivity contribution in [2.45, 2.75) is 83.8 Å². The van der Waals surface area contributed by atoms with Crippen molar-refractivity contribution in [1.82, 2.24) is 5.32 Å². The summed E-state index contributed by atoms with van der Waals surface area (Å²) < 4.78 is 5.68. The van der Waals surface area contributed by atoms with Gasteiger partial charge in [0.2, 0.25) is 0 Å². The van der Waals surface area contributed by atoms with Gasteiger partial charge in [-0.25, -0.2) is 0 Å². The molecule has 0 aromatic heterocycles. The van der Waals surface area contributed by atoms with Gasteiger partial charge in [0.25, 0.3) is 0 Å². The minimum absolute atomic E-state index is 0.577. The van der Waals surface area contributed by atoms with E-state index in [1.807, 2.05) is 0 Å². The monoisotopic (exact) mass is 267 g/mol. The van der Waals surface area contributed by atoms with Gasteiger partial charge in [-0.15, -0.1) is 0 Å². The maximum Gasteiger partial charge on any atom is 0.0580 e. The smallest absolute Gasteiger partial charge is 0.0580 e. The Hall–Kier alpha value is -0.0800. The van der Waals surface area contributed by atoms with Crippen molar-refractivity contribution < 1.29 is 4.74 Å². The molecule has 0 radical (unpaired) electrons. The average Bonchev–Trinajstić information content (AvgIpc) is 2.86. The maximum absolute atomic E-state index is 5.68. The molecular weight excluding hydrogens is 234 g/mol. The molecule has 1 unspecified atom stereocenters. The third kappa shape index (κ3) is 5.07. The Morgan fingerprint density at radius 1 is 1.05 bits per heavy atom. The van der Waals surface area contributed by atoms with Crippen molar-refractivity contribution in [1.29, 1.82) is 0 Å². The zero-order valence-electron chi connectivity index (χ0n) is 13.0. The van der Waals surface area contributed by atoms with Crippen LogP contribution in [0.4, 0.5) is 0 Å². The molecule has 2 fully saturated rings. The third-order valence-corrected chi connectivity index (χ3v) is 4.99. The van der Waals surface area contributed by atoms with E-state index in [4.69, 9.17) is 4.74 Å². The molecule has 0 bridgehead atoms. The molecule has 1 atom stereocenters. The number of nitrogens with one attached hydrogen (secondary N) is 1. The Balaban J connectivity index is 1.68. The van der Waals surface area contributed by atoms with Crippen LogP contribution in [0.5, 0.6) is 0 Å². The molecule has 112 valence electrons. The van der Waals surface area contributed by atoms with E-state index in [2.05, 4.69) is 19.2 Å². The molecule has 2 rings (SSSR count). The van der Waals surface area contributed by atoms with Crippen LogP contribution in [0.15, 0.2) is 0 Å². The van der Waals surface area contributed by atoms with Crippen molar-refractivity contribution >= 4 is 0 Å². The Morgan fingerprint density at radius 2 is 1.74 bits per heavy atom. The molecule has 2 heteroatoms. The van der Waals surface area contributed by atoms with Crippen molar-refractivity contribution in [2.24, 2.45) is 11.8 Å². The molecule has 0 aliphatic heterocycles. The van der Waals surface area contributed by atoms with Crippen LogP contribution in [0.25, 0.3) is 0 Å². The number of rotatable bonds is 9. The van der Waals surface area contributed by atoms with E-state index in [0.29, 0.717) is 6.10 Å². The Kier molecular flexibility index (Phi) is 6.66. The molecule has 2 aliphatic rings. The highest BCUT2D eigenvalue weighted by Crippen LogP contribution is 2.36. The molecule has 2 saturated carbocycles. The van der Waals surface area contributed by atoms with E-state index in [1.54, 1.807) is 0 Å². The van der Waals surface area contributed by atoms with E-state index in [-0.39, 0.29) is 0 Å². The second-order valence-electron chi connectivity index (χ2n) is 6.69. The summed E-state index contributed by atoms with van der Waals surface area (Å²) in [4.78, 5) is 0. The fraction of sp³-hybridized carbons (Fsp3) is 1.00. The Morgan fingerprint density at radius 3 is 2.37 bits per heavy atom. The zero-order valence-corrected chi connectivity index (χ0v) is 13.0. The lowest BCUT2D eigenvalue weighted by molar-refractivity contribution is -0.0296. The first kappa shape index (κ1) is 15.3. The largest absolute Gasteiger partial charge is 0.378 e. The summed E-state index contributed by atoms with van der Waals surface area (Å²) in [5.74, 6) is 1.93. The van der Waals surface area contributed by atoms with Crippen LogP contribution in [-0.4, -0.2) is 25.3 Å². The highest BCUT2D eigenvalue weighted by molar-refractivity contribution is 4.85. The van der Waals surface area contributed by atoms with Gasteiger partial charge in [0.15, 0.2) is 0 Å². The molecule has 0 spiro atoms. The first-order valence-electron chi connectivity index (χ1n) is 8.66. The fourth-order valence-electron chi connectivity index (χ4n) is 3.90. The number of hydrogen-bond donors (Lipinski definition) is 1. The standard InChI is InChI=1S/C17H33NO/c1-3-9-18-16(10-14-7-5-6-8-14)11-15-12-17(13-15)19-4-2/h14-18H,3-13H2,1-2H3. The predicted octanol–water partition coefficient (Wildman–Crippen LogP) is 4.14. The van der Waals surface area contributed by atoms with Crippen LogP contribution >= 0.6 is 0 Å². The van der Waals surface area contributed by atoms with Crippen LogP contribution in [-0.2, 0) is 4.74 Å². The van der Waals surface area contributed by atoms with Gasteiger partial charge in [-0.3, -0.25) is 0 Å². The first-order chi connectivity index (χ1) is 9.31. The Labute approximate surface area is 119 Å².